The van der Waals surface area contributed by atoms with Gasteiger partial charge in [-0.25, -0.2) is 4.39 Å². The number of para-hydroxylation sites is 1. The van der Waals surface area contributed by atoms with Crippen LogP contribution in [-0.4, -0.2) is 23.7 Å². The highest BCUT2D eigenvalue weighted by Gasteiger charge is 2.31. The highest BCUT2D eigenvalue weighted by Crippen LogP contribution is 2.30. The lowest BCUT2D eigenvalue weighted by atomic mass is 10.2. The van der Waals surface area contributed by atoms with Gasteiger partial charge in [-0.15, -0.1) is 0 Å². The molecule has 1 aliphatic rings. The fourth-order valence-corrected chi connectivity index (χ4v) is 1.72. The molecule has 0 spiro atoms. The Morgan fingerprint density at radius 2 is 2.27 bits per heavy atom. The standard InChI is InChI=1S/C10H11FN2O2/c11-7-2-1-3-8(12)10(7)13-5-6(14)4-9(13)15/h1-3,6,14H,4-5,12H2. The second-order valence-corrected chi connectivity index (χ2v) is 3.54. The number of nitrogen functional groups attached to an aromatic ring is 1. The summed E-state index contributed by atoms with van der Waals surface area (Å²) in [6.07, 6.45) is -0.718. The summed E-state index contributed by atoms with van der Waals surface area (Å²) in [6.45, 7) is 0.101. The van der Waals surface area contributed by atoms with Gasteiger partial charge < -0.3 is 15.7 Å². The number of rotatable bonds is 1. The molecule has 1 fully saturated rings. The van der Waals surface area contributed by atoms with E-state index in [0.29, 0.717) is 0 Å². The topological polar surface area (TPSA) is 66.6 Å². The summed E-state index contributed by atoms with van der Waals surface area (Å²) in [6, 6.07) is 4.24. The van der Waals surface area contributed by atoms with E-state index in [2.05, 4.69) is 0 Å². The van der Waals surface area contributed by atoms with Crippen molar-refractivity contribution in [2.75, 3.05) is 17.2 Å². The van der Waals surface area contributed by atoms with E-state index in [9.17, 15) is 14.3 Å². The number of aliphatic hydroxyl groups excluding tert-OH is 1. The molecule has 0 aromatic heterocycles. The van der Waals surface area contributed by atoms with Crippen LogP contribution in [0.4, 0.5) is 15.8 Å². The maximum Gasteiger partial charge on any atom is 0.229 e. The van der Waals surface area contributed by atoms with Gasteiger partial charge in [-0.1, -0.05) is 6.07 Å². The van der Waals surface area contributed by atoms with Gasteiger partial charge in [-0.2, -0.15) is 0 Å². The van der Waals surface area contributed by atoms with Gasteiger partial charge in [0.15, 0.2) is 0 Å². The normalized spacial score (nSPS) is 21.1. The molecule has 1 aliphatic heterocycles. The zero-order valence-corrected chi connectivity index (χ0v) is 7.98. The molecule has 3 N–H and O–H groups in total. The summed E-state index contributed by atoms with van der Waals surface area (Å²) in [5.74, 6) is -0.850. The Kier molecular flexibility index (Phi) is 2.32. The van der Waals surface area contributed by atoms with Crippen LogP contribution in [0.2, 0.25) is 0 Å². The first-order valence-corrected chi connectivity index (χ1v) is 4.62. The molecule has 1 amide bonds. The second kappa shape index (κ2) is 3.51. The van der Waals surface area contributed by atoms with Crippen LogP contribution >= 0.6 is 0 Å². The van der Waals surface area contributed by atoms with Gasteiger partial charge in [-0.3, -0.25) is 4.79 Å². The van der Waals surface area contributed by atoms with Crippen molar-refractivity contribution in [3.63, 3.8) is 0 Å². The SMILES string of the molecule is Nc1cccc(F)c1N1CC(O)CC1=O. The average molecular weight is 210 g/mol. The lowest BCUT2D eigenvalue weighted by Crippen LogP contribution is -2.27. The molecule has 1 atom stereocenters. The van der Waals surface area contributed by atoms with Crippen LogP contribution in [0.5, 0.6) is 0 Å². The van der Waals surface area contributed by atoms with Crippen LogP contribution in [0.1, 0.15) is 6.42 Å². The maximum absolute atomic E-state index is 13.4. The van der Waals surface area contributed by atoms with Crippen molar-refractivity contribution >= 4 is 17.3 Å². The number of amides is 1. The summed E-state index contributed by atoms with van der Waals surface area (Å²) in [5.41, 5.74) is 5.87. The first-order valence-electron chi connectivity index (χ1n) is 4.62. The first kappa shape index (κ1) is 9.92. The number of β-amino-alcohol motifs (C(OH)–C–C–N with tert-alkyl or cyclic N) is 1. The fraction of sp³-hybridized carbons (Fsp3) is 0.300. The third-order valence-corrected chi connectivity index (χ3v) is 2.39. The Morgan fingerprint density at radius 3 is 2.80 bits per heavy atom. The van der Waals surface area contributed by atoms with E-state index in [1.54, 1.807) is 0 Å². The number of carbonyl (C=O) groups excluding carboxylic acids is 1. The monoisotopic (exact) mass is 210 g/mol. The van der Waals surface area contributed by atoms with E-state index >= 15 is 0 Å². The number of nitrogens with zero attached hydrogens (tertiary/aromatic N) is 1. The van der Waals surface area contributed by atoms with Crippen LogP contribution in [0.25, 0.3) is 0 Å². The van der Waals surface area contributed by atoms with E-state index < -0.39 is 11.9 Å². The van der Waals surface area contributed by atoms with Gasteiger partial charge in [0.05, 0.1) is 24.8 Å². The van der Waals surface area contributed by atoms with E-state index in [-0.39, 0.29) is 30.2 Å². The van der Waals surface area contributed by atoms with Crippen molar-refractivity contribution < 1.29 is 14.3 Å². The van der Waals surface area contributed by atoms with Gasteiger partial charge in [-0.05, 0) is 12.1 Å². The highest BCUT2D eigenvalue weighted by molar-refractivity contribution is 5.98. The maximum atomic E-state index is 13.4. The third-order valence-electron chi connectivity index (χ3n) is 2.39. The van der Waals surface area contributed by atoms with Crippen LogP contribution in [0.3, 0.4) is 0 Å². The van der Waals surface area contributed by atoms with E-state index in [4.69, 9.17) is 5.73 Å². The van der Waals surface area contributed by atoms with Gasteiger partial charge in [0.25, 0.3) is 0 Å². The molecule has 2 rings (SSSR count). The second-order valence-electron chi connectivity index (χ2n) is 3.54. The highest BCUT2D eigenvalue weighted by atomic mass is 19.1. The van der Waals surface area contributed by atoms with Crippen molar-refractivity contribution in [1.29, 1.82) is 0 Å². The van der Waals surface area contributed by atoms with Gasteiger partial charge >= 0.3 is 0 Å². The molecule has 1 aromatic carbocycles. The molecule has 1 saturated heterocycles. The molecule has 5 heteroatoms. The van der Waals surface area contributed by atoms with Crippen molar-refractivity contribution in [3.8, 4) is 0 Å². The van der Waals surface area contributed by atoms with Gasteiger partial charge in [0.2, 0.25) is 5.91 Å². The number of carbonyl (C=O) groups is 1. The molecular weight excluding hydrogens is 199 g/mol. The van der Waals surface area contributed by atoms with Crippen molar-refractivity contribution in [3.05, 3.63) is 24.0 Å². The minimum absolute atomic E-state index is 0.0216. The van der Waals surface area contributed by atoms with Crippen LogP contribution in [0, 0.1) is 5.82 Å². The Morgan fingerprint density at radius 1 is 1.53 bits per heavy atom. The summed E-state index contributed by atoms with van der Waals surface area (Å²) >= 11 is 0. The Labute approximate surface area is 86.1 Å². The van der Waals surface area contributed by atoms with E-state index in [1.165, 1.54) is 23.1 Å². The lowest BCUT2D eigenvalue weighted by Gasteiger charge is -2.18. The molecule has 0 radical (unpaired) electrons. The van der Waals surface area contributed by atoms with Crippen molar-refractivity contribution in [2.45, 2.75) is 12.5 Å². The molecule has 0 aliphatic carbocycles. The smallest absolute Gasteiger partial charge is 0.229 e. The Balaban J connectivity index is 2.41. The van der Waals surface area contributed by atoms with Gasteiger partial charge in [0.1, 0.15) is 11.5 Å². The zero-order valence-electron chi connectivity index (χ0n) is 7.98. The molecule has 1 aromatic rings. The number of halogens is 1. The predicted octanol–water partition coefficient (Wildman–Crippen LogP) is 0.506. The molecule has 0 bridgehead atoms. The number of benzene rings is 1. The predicted molar refractivity (Wildman–Crippen MR) is 53.8 cm³/mol. The summed E-state index contributed by atoms with van der Waals surface area (Å²) < 4.78 is 13.4. The van der Waals surface area contributed by atoms with Crippen molar-refractivity contribution in [1.82, 2.24) is 0 Å². The minimum atomic E-state index is -0.739. The number of hydrogen-bond acceptors (Lipinski definition) is 3. The van der Waals surface area contributed by atoms with Crippen molar-refractivity contribution in [2.24, 2.45) is 0 Å². The number of nitrogens with two attached hydrogens (primary N) is 1. The van der Waals surface area contributed by atoms with Crippen LogP contribution in [0.15, 0.2) is 18.2 Å². The Hall–Kier alpha value is -1.62. The summed E-state index contributed by atoms with van der Waals surface area (Å²) in [5, 5.41) is 9.29. The quantitative estimate of drug-likeness (QED) is 0.663. The third kappa shape index (κ3) is 1.66. The molecule has 1 unspecified atom stereocenters. The number of hydrogen-bond donors (Lipinski definition) is 2. The first-order chi connectivity index (χ1) is 7.09. The average Bonchev–Trinajstić information content (AvgIpc) is 2.45. The molecule has 80 valence electrons. The Bertz CT molecular complexity index is 388. The molecule has 1 heterocycles. The molecule has 0 saturated carbocycles. The molecule has 4 nitrogen and oxygen atoms in total. The van der Waals surface area contributed by atoms with E-state index in [1.807, 2.05) is 0 Å². The zero-order chi connectivity index (χ0) is 11.0. The van der Waals surface area contributed by atoms with E-state index in [0.717, 1.165) is 0 Å². The lowest BCUT2D eigenvalue weighted by molar-refractivity contribution is -0.117. The molecular formula is C10H11FN2O2. The fourth-order valence-electron chi connectivity index (χ4n) is 1.72. The molecule has 15 heavy (non-hydrogen) atoms. The number of aliphatic hydroxyl groups is 1. The number of anilines is 2. The largest absolute Gasteiger partial charge is 0.397 e. The van der Waals surface area contributed by atoms with Gasteiger partial charge in [0, 0.05) is 0 Å². The summed E-state index contributed by atoms with van der Waals surface area (Å²) in [4.78, 5) is 12.6. The summed E-state index contributed by atoms with van der Waals surface area (Å²) in [7, 11) is 0. The minimum Gasteiger partial charge on any atom is -0.397 e. The van der Waals surface area contributed by atoms with Crippen LogP contribution in [-0.2, 0) is 4.79 Å². The van der Waals surface area contributed by atoms with Crippen LogP contribution < -0.4 is 10.6 Å².